The molecule has 6 heteroatoms. The Morgan fingerprint density at radius 1 is 1.50 bits per heavy atom. The first-order valence-electron chi connectivity index (χ1n) is 5.73. The normalized spacial score (nSPS) is 19.7. The highest BCUT2D eigenvalue weighted by molar-refractivity contribution is 5.73. The molecule has 0 bridgehead atoms. The lowest BCUT2D eigenvalue weighted by Gasteiger charge is -2.45. The molecule has 2 aromatic rings. The molecule has 18 heavy (non-hydrogen) atoms. The van der Waals surface area contributed by atoms with Gasteiger partial charge in [0, 0.05) is 6.04 Å². The number of ether oxygens (including phenoxy) is 1. The first kappa shape index (κ1) is 11.5. The Hall–Kier alpha value is -1.63. The van der Waals surface area contributed by atoms with E-state index in [0.29, 0.717) is 24.3 Å². The third-order valence-corrected chi connectivity index (χ3v) is 3.62. The number of nitrogens with two attached hydrogens (primary N) is 1. The predicted molar refractivity (Wildman–Crippen MR) is 64.4 cm³/mol. The second-order valence-corrected chi connectivity index (χ2v) is 4.66. The van der Waals surface area contributed by atoms with Gasteiger partial charge in [-0.3, -0.25) is 4.98 Å². The van der Waals surface area contributed by atoms with Gasteiger partial charge in [-0.25, -0.2) is 4.79 Å². The average molecular weight is 250 g/mol. The summed E-state index contributed by atoms with van der Waals surface area (Å²) < 4.78 is 10.2. The summed E-state index contributed by atoms with van der Waals surface area (Å²) in [5.74, 6) is -0.479. The molecule has 6 nitrogen and oxygen atoms in total. The molecule has 1 aliphatic rings. The Morgan fingerprint density at radius 2 is 2.28 bits per heavy atom. The quantitative estimate of drug-likeness (QED) is 0.694. The van der Waals surface area contributed by atoms with Gasteiger partial charge in [0.15, 0.2) is 5.58 Å². The number of nitrogens with one attached hydrogen (secondary N) is 1. The van der Waals surface area contributed by atoms with Crippen LogP contribution in [0.5, 0.6) is 0 Å². The Bertz CT molecular complexity index is 626. The van der Waals surface area contributed by atoms with E-state index >= 15 is 0 Å². The zero-order valence-electron chi connectivity index (χ0n) is 9.68. The van der Waals surface area contributed by atoms with Crippen molar-refractivity contribution in [2.45, 2.75) is 11.5 Å². The van der Waals surface area contributed by atoms with Gasteiger partial charge in [0.2, 0.25) is 0 Å². The number of fused-ring (bicyclic) bond motifs is 1. The fraction of sp³-hybridized carbons (Fsp3) is 0.417. The molecule has 1 aromatic carbocycles. The van der Waals surface area contributed by atoms with E-state index in [-0.39, 0.29) is 18.1 Å². The lowest BCUT2D eigenvalue weighted by atomic mass is 9.73. The Morgan fingerprint density at radius 3 is 2.89 bits per heavy atom. The smallest absolute Gasteiger partial charge is 0.408 e. The van der Waals surface area contributed by atoms with Crippen LogP contribution in [0.2, 0.25) is 0 Å². The number of benzene rings is 1. The number of aliphatic hydroxyl groups is 1. The Kier molecular flexibility index (Phi) is 2.51. The summed E-state index contributed by atoms with van der Waals surface area (Å²) in [6, 6.07) is 5.03. The number of hydrogen-bond acceptors (Lipinski definition) is 5. The van der Waals surface area contributed by atoms with Crippen molar-refractivity contribution in [1.82, 2.24) is 4.98 Å². The fourth-order valence-corrected chi connectivity index (χ4v) is 2.35. The van der Waals surface area contributed by atoms with E-state index in [4.69, 9.17) is 14.9 Å². The maximum atomic E-state index is 11.1. The van der Waals surface area contributed by atoms with Crippen LogP contribution in [0.4, 0.5) is 0 Å². The van der Waals surface area contributed by atoms with Crippen molar-refractivity contribution in [1.29, 1.82) is 0 Å². The Balaban J connectivity index is 2.09. The van der Waals surface area contributed by atoms with Gasteiger partial charge in [0.25, 0.3) is 0 Å². The number of oxazole rings is 1. The van der Waals surface area contributed by atoms with Crippen molar-refractivity contribution in [3.63, 3.8) is 0 Å². The first-order valence-corrected chi connectivity index (χ1v) is 5.73. The maximum absolute atomic E-state index is 11.1. The van der Waals surface area contributed by atoms with Gasteiger partial charge in [-0.05, 0) is 17.7 Å². The zero-order chi connectivity index (χ0) is 12.8. The molecule has 4 N–H and O–H groups in total. The highest BCUT2D eigenvalue weighted by Crippen LogP contribution is 2.36. The zero-order valence-corrected chi connectivity index (χ0v) is 9.68. The third kappa shape index (κ3) is 1.50. The van der Waals surface area contributed by atoms with Crippen molar-refractivity contribution in [3.8, 4) is 0 Å². The second-order valence-electron chi connectivity index (χ2n) is 4.66. The van der Waals surface area contributed by atoms with Gasteiger partial charge in [0.05, 0.1) is 30.8 Å². The minimum Gasteiger partial charge on any atom is -0.408 e. The summed E-state index contributed by atoms with van der Waals surface area (Å²) >= 11 is 0. The minimum atomic E-state index is -0.479. The first-order chi connectivity index (χ1) is 8.65. The summed E-state index contributed by atoms with van der Waals surface area (Å²) in [7, 11) is 0. The van der Waals surface area contributed by atoms with E-state index in [1.165, 1.54) is 0 Å². The van der Waals surface area contributed by atoms with Gasteiger partial charge in [-0.2, -0.15) is 0 Å². The Labute approximate surface area is 102 Å². The van der Waals surface area contributed by atoms with Crippen LogP contribution in [-0.4, -0.2) is 36.0 Å². The molecule has 0 spiro atoms. The molecule has 2 heterocycles. The average Bonchev–Trinajstić information content (AvgIpc) is 2.66. The highest BCUT2D eigenvalue weighted by atomic mass is 16.5. The lowest BCUT2D eigenvalue weighted by Crippen LogP contribution is -2.60. The SMILES string of the molecule is NC(CO)C1(c2ccc3oc(=O)[nH]c3c2)COC1. The molecule has 1 atom stereocenters. The molecule has 96 valence electrons. The van der Waals surface area contributed by atoms with Crippen molar-refractivity contribution >= 4 is 11.1 Å². The van der Waals surface area contributed by atoms with Crippen LogP contribution >= 0.6 is 0 Å². The van der Waals surface area contributed by atoms with Crippen molar-refractivity contribution in [2.24, 2.45) is 5.73 Å². The largest absolute Gasteiger partial charge is 0.417 e. The van der Waals surface area contributed by atoms with E-state index in [0.717, 1.165) is 5.56 Å². The second kappa shape index (κ2) is 3.94. The molecular weight excluding hydrogens is 236 g/mol. The molecule has 1 saturated heterocycles. The molecule has 0 aliphatic carbocycles. The summed E-state index contributed by atoms with van der Waals surface area (Å²) in [5, 5.41) is 9.26. The van der Waals surface area contributed by atoms with E-state index in [1.807, 2.05) is 12.1 Å². The maximum Gasteiger partial charge on any atom is 0.417 e. The van der Waals surface area contributed by atoms with E-state index < -0.39 is 5.76 Å². The number of H-pyrrole nitrogens is 1. The molecule has 1 aliphatic heterocycles. The molecule has 0 radical (unpaired) electrons. The highest BCUT2D eigenvalue weighted by Gasteiger charge is 2.45. The van der Waals surface area contributed by atoms with Crippen LogP contribution in [-0.2, 0) is 10.2 Å². The molecule has 3 rings (SSSR count). The monoisotopic (exact) mass is 250 g/mol. The van der Waals surface area contributed by atoms with Gasteiger partial charge < -0.3 is 20.0 Å². The van der Waals surface area contributed by atoms with Gasteiger partial charge in [-0.15, -0.1) is 0 Å². The molecule has 0 saturated carbocycles. The fourth-order valence-electron chi connectivity index (χ4n) is 2.35. The number of aromatic amines is 1. The van der Waals surface area contributed by atoms with Crippen molar-refractivity contribution in [3.05, 3.63) is 34.3 Å². The van der Waals surface area contributed by atoms with E-state index in [2.05, 4.69) is 4.98 Å². The topological polar surface area (TPSA) is 101 Å². The lowest BCUT2D eigenvalue weighted by molar-refractivity contribution is -0.0797. The molecule has 1 fully saturated rings. The van der Waals surface area contributed by atoms with Crippen LogP contribution < -0.4 is 11.5 Å². The molecular formula is C12H14N2O4. The number of aromatic nitrogens is 1. The number of aliphatic hydroxyl groups excluding tert-OH is 1. The third-order valence-electron chi connectivity index (χ3n) is 3.62. The van der Waals surface area contributed by atoms with Gasteiger partial charge in [-0.1, -0.05) is 6.07 Å². The van der Waals surface area contributed by atoms with Gasteiger partial charge in [0.1, 0.15) is 0 Å². The predicted octanol–water partition coefficient (Wildman–Crippen LogP) is -0.291. The summed E-state index contributed by atoms with van der Waals surface area (Å²) in [6.07, 6.45) is 0. The van der Waals surface area contributed by atoms with E-state index in [9.17, 15) is 9.90 Å². The van der Waals surface area contributed by atoms with E-state index in [1.54, 1.807) is 6.07 Å². The van der Waals surface area contributed by atoms with Crippen LogP contribution in [0.15, 0.2) is 27.4 Å². The van der Waals surface area contributed by atoms with Crippen LogP contribution in [0.1, 0.15) is 5.56 Å². The molecule has 1 unspecified atom stereocenters. The standard InChI is InChI=1S/C12H14N2O4/c13-10(4-15)12(5-17-6-12)7-1-2-9-8(3-7)14-11(16)18-9/h1-3,10,15H,4-6,13H2,(H,14,16). The molecule has 1 aromatic heterocycles. The van der Waals surface area contributed by atoms with Crippen LogP contribution in [0.3, 0.4) is 0 Å². The van der Waals surface area contributed by atoms with Crippen LogP contribution in [0, 0.1) is 0 Å². The van der Waals surface area contributed by atoms with Gasteiger partial charge >= 0.3 is 5.76 Å². The van der Waals surface area contributed by atoms with Crippen molar-refractivity contribution in [2.75, 3.05) is 19.8 Å². The summed E-state index contributed by atoms with van der Waals surface area (Å²) in [5.41, 5.74) is 7.68. The minimum absolute atomic E-state index is 0.108. The summed E-state index contributed by atoms with van der Waals surface area (Å²) in [6.45, 7) is 0.841. The number of hydrogen-bond donors (Lipinski definition) is 3. The van der Waals surface area contributed by atoms with Crippen molar-refractivity contribution < 1.29 is 14.3 Å². The number of rotatable bonds is 3. The summed E-state index contributed by atoms with van der Waals surface area (Å²) in [4.78, 5) is 13.7. The molecule has 0 amide bonds. The van der Waals surface area contributed by atoms with Crippen LogP contribution in [0.25, 0.3) is 11.1 Å².